The maximum atomic E-state index is 11.7. The molecule has 0 aliphatic heterocycles. The predicted molar refractivity (Wildman–Crippen MR) is 74.7 cm³/mol. The molecule has 2 amide bonds. The number of rotatable bonds is 4. The number of aliphatic carboxylic acids is 1. The molecule has 0 atom stereocenters. The summed E-state index contributed by atoms with van der Waals surface area (Å²) in [6.07, 6.45) is -0.0678. The molecule has 0 fully saturated rings. The van der Waals surface area contributed by atoms with Crippen molar-refractivity contribution in [2.75, 3.05) is 10.6 Å². The Hall–Kier alpha value is -2.34. The number of hydrogen-bond acceptors (Lipinski definition) is 3. The summed E-state index contributed by atoms with van der Waals surface area (Å²) in [4.78, 5) is 22.3. The maximum absolute atomic E-state index is 11.7. The van der Waals surface area contributed by atoms with Gasteiger partial charge in [-0.15, -0.1) is 0 Å². The molecule has 0 unspecified atom stereocenters. The fraction of sp³-hybridized carbons (Fsp3) is 0.0769. The van der Waals surface area contributed by atoms with E-state index in [0.29, 0.717) is 11.3 Å². The lowest BCUT2D eigenvalue weighted by Gasteiger charge is -2.07. The number of benzene rings is 1. The van der Waals surface area contributed by atoms with Gasteiger partial charge in [-0.25, -0.2) is 4.79 Å². The smallest absolute Gasteiger partial charge is 0.323 e. The van der Waals surface area contributed by atoms with E-state index in [4.69, 9.17) is 5.11 Å². The van der Waals surface area contributed by atoms with E-state index in [1.165, 1.54) is 11.3 Å². The third-order valence-electron chi connectivity index (χ3n) is 2.32. The Morgan fingerprint density at radius 1 is 1.16 bits per heavy atom. The number of thiophene rings is 1. The van der Waals surface area contributed by atoms with Crippen molar-refractivity contribution in [1.82, 2.24) is 0 Å². The van der Waals surface area contributed by atoms with Gasteiger partial charge < -0.3 is 15.7 Å². The maximum Gasteiger partial charge on any atom is 0.323 e. The quantitative estimate of drug-likeness (QED) is 0.803. The number of nitrogens with one attached hydrogen (secondary N) is 2. The van der Waals surface area contributed by atoms with Gasteiger partial charge in [0.05, 0.1) is 12.1 Å². The Kier molecular flexibility index (Phi) is 4.15. The van der Waals surface area contributed by atoms with Crippen molar-refractivity contribution < 1.29 is 14.7 Å². The molecule has 1 aromatic heterocycles. The summed E-state index contributed by atoms with van der Waals surface area (Å²) in [5.41, 5.74) is 1.93. The number of amides is 2. The first kappa shape index (κ1) is 13.1. The molecule has 3 N–H and O–H groups in total. The zero-order chi connectivity index (χ0) is 13.7. The van der Waals surface area contributed by atoms with Crippen LogP contribution in [0.2, 0.25) is 0 Å². The van der Waals surface area contributed by atoms with E-state index in [0.717, 1.165) is 5.69 Å². The number of carboxylic acids is 1. The minimum absolute atomic E-state index is 0.0678. The number of urea groups is 1. The van der Waals surface area contributed by atoms with Gasteiger partial charge in [-0.05, 0) is 29.1 Å². The second-order valence-corrected chi connectivity index (χ2v) is 4.64. The summed E-state index contributed by atoms with van der Waals surface area (Å²) >= 11 is 1.49. The largest absolute Gasteiger partial charge is 0.481 e. The molecule has 0 spiro atoms. The van der Waals surface area contributed by atoms with Gasteiger partial charge >= 0.3 is 12.0 Å². The summed E-state index contributed by atoms with van der Waals surface area (Å²) < 4.78 is 0. The van der Waals surface area contributed by atoms with Gasteiger partial charge in [0.15, 0.2) is 0 Å². The molecule has 1 heterocycles. The Labute approximate surface area is 113 Å². The van der Waals surface area contributed by atoms with Crippen LogP contribution in [0.4, 0.5) is 16.2 Å². The zero-order valence-corrected chi connectivity index (χ0v) is 10.7. The van der Waals surface area contributed by atoms with Crippen molar-refractivity contribution in [3.63, 3.8) is 0 Å². The van der Waals surface area contributed by atoms with Crippen LogP contribution in [0.25, 0.3) is 0 Å². The number of carbonyl (C=O) groups excluding carboxylic acids is 1. The van der Waals surface area contributed by atoms with Gasteiger partial charge in [-0.1, -0.05) is 12.1 Å². The number of hydrogen-bond donors (Lipinski definition) is 3. The summed E-state index contributed by atoms with van der Waals surface area (Å²) in [6.45, 7) is 0. The highest BCUT2D eigenvalue weighted by molar-refractivity contribution is 7.08. The van der Waals surface area contributed by atoms with E-state index in [1.54, 1.807) is 30.3 Å². The molecule has 2 rings (SSSR count). The average molecular weight is 276 g/mol. The van der Waals surface area contributed by atoms with E-state index in [9.17, 15) is 9.59 Å². The summed E-state index contributed by atoms with van der Waals surface area (Å²) in [7, 11) is 0. The monoisotopic (exact) mass is 276 g/mol. The minimum Gasteiger partial charge on any atom is -0.481 e. The average Bonchev–Trinajstić information content (AvgIpc) is 2.81. The molecule has 0 radical (unpaired) electrons. The third-order valence-corrected chi connectivity index (χ3v) is 3.00. The summed E-state index contributed by atoms with van der Waals surface area (Å²) in [6, 6.07) is 8.20. The molecule has 0 bridgehead atoms. The number of anilines is 2. The second kappa shape index (κ2) is 6.01. The Morgan fingerprint density at radius 2 is 1.95 bits per heavy atom. The lowest BCUT2D eigenvalue weighted by molar-refractivity contribution is -0.136. The molecule has 1 aromatic carbocycles. The zero-order valence-electron chi connectivity index (χ0n) is 9.92. The normalized spacial score (nSPS) is 9.89. The highest BCUT2D eigenvalue weighted by atomic mass is 32.1. The first-order chi connectivity index (χ1) is 9.13. The summed E-state index contributed by atoms with van der Waals surface area (Å²) in [5, 5.41) is 17.7. The predicted octanol–water partition coefficient (Wildman–Crippen LogP) is 3.02. The fourth-order valence-electron chi connectivity index (χ4n) is 1.56. The first-order valence-corrected chi connectivity index (χ1v) is 6.49. The van der Waals surface area contributed by atoms with Gasteiger partial charge in [0, 0.05) is 11.1 Å². The number of carbonyl (C=O) groups is 2. The highest BCUT2D eigenvalue weighted by Gasteiger charge is 2.05. The van der Waals surface area contributed by atoms with Crippen LogP contribution in [0.15, 0.2) is 41.1 Å². The van der Waals surface area contributed by atoms with Crippen LogP contribution >= 0.6 is 11.3 Å². The highest BCUT2D eigenvalue weighted by Crippen LogP contribution is 2.14. The number of carboxylic acid groups (broad SMARTS) is 1. The molecular weight excluding hydrogens is 264 g/mol. The second-order valence-electron chi connectivity index (χ2n) is 3.86. The molecule has 0 saturated heterocycles. The van der Waals surface area contributed by atoms with Crippen molar-refractivity contribution in [3.8, 4) is 0 Å². The van der Waals surface area contributed by atoms with E-state index >= 15 is 0 Å². The molecule has 19 heavy (non-hydrogen) atoms. The van der Waals surface area contributed by atoms with Crippen molar-refractivity contribution in [3.05, 3.63) is 46.7 Å². The van der Waals surface area contributed by atoms with E-state index in [1.807, 2.05) is 10.8 Å². The Bertz CT molecular complexity index is 581. The SMILES string of the molecule is O=C(O)Cc1cccc(NC(=O)Nc2ccsc2)c1. The van der Waals surface area contributed by atoms with E-state index in [-0.39, 0.29) is 12.5 Å². The topological polar surface area (TPSA) is 78.4 Å². The van der Waals surface area contributed by atoms with Gasteiger partial charge in [0.25, 0.3) is 0 Å². The van der Waals surface area contributed by atoms with E-state index in [2.05, 4.69) is 10.6 Å². The Balaban J connectivity index is 1.98. The van der Waals surface area contributed by atoms with Crippen molar-refractivity contribution >= 4 is 34.7 Å². The molecule has 6 heteroatoms. The van der Waals surface area contributed by atoms with Crippen LogP contribution in [0, 0.1) is 0 Å². The molecule has 0 aliphatic carbocycles. The van der Waals surface area contributed by atoms with Crippen molar-refractivity contribution in [2.45, 2.75) is 6.42 Å². The molecule has 98 valence electrons. The third kappa shape index (κ3) is 4.11. The van der Waals surface area contributed by atoms with Crippen LogP contribution in [0.5, 0.6) is 0 Å². The van der Waals surface area contributed by atoms with Crippen LogP contribution in [-0.2, 0) is 11.2 Å². The van der Waals surface area contributed by atoms with Crippen LogP contribution in [0.1, 0.15) is 5.56 Å². The minimum atomic E-state index is -0.903. The molecule has 0 aliphatic rings. The molecule has 5 nitrogen and oxygen atoms in total. The van der Waals surface area contributed by atoms with E-state index < -0.39 is 5.97 Å². The fourth-order valence-corrected chi connectivity index (χ4v) is 2.15. The lowest BCUT2D eigenvalue weighted by Crippen LogP contribution is -2.19. The molecule has 2 aromatic rings. The van der Waals surface area contributed by atoms with Crippen LogP contribution in [0.3, 0.4) is 0 Å². The van der Waals surface area contributed by atoms with Gasteiger partial charge in [-0.2, -0.15) is 11.3 Å². The standard InChI is InChI=1S/C13H12N2O3S/c16-12(17)7-9-2-1-3-10(6-9)14-13(18)15-11-4-5-19-8-11/h1-6,8H,7H2,(H,16,17)(H2,14,15,18). The van der Waals surface area contributed by atoms with Gasteiger partial charge in [0.1, 0.15) is 0 Å². The molecule has 0 saturated carbocycles. The molecular formula is C13H12N2O3S. The summed E-state index contributed by atoms with van der Waals surface area (Å²) in [5.74, 6) is -0.903. The lowest BCUT2D eigenvalue weighted by atomic mass is 10.1. The van der Waals surface area contributed by atoms with Crippen molar-refractivity contribution in [2.24, 2.45) is 0 Å². The van der Waals surface area contributed by atoms with Gasteiger partial charge in [-0.3, -0.25) is 4.79 Å². The Morgan fingerprint density at radius 3 is 2.63 bits per heavy atom. The van der Waals surface area contributed by atoms with Crippen molar-refractivity contribution in [1.29, 1.82) is 0 Å². The van der Waals surface area contributed by atoms with Gasteiger partial charge in [0.2, 0.25) is 0 Å². The first-order valence-electron chi connectivity index (χ1n) is 5.54. The van der Waals surface area contributed by atoms with Crippen LogP contribution in [-0.4, -0.2) is 17.1 Å². The van der Waals surface area contributed by atoms with Crippen LogP contribution < -0.4 is 10.6 Å².